The summed E-state index contributed by atoms with van der Waals surface area (Å²) in [6.45, 7) is 0. The Morgan fingerprint density at radius 3 is 2.30 bits per heavy atom. The van der Waals surface area contributed by atoms with Crippen molar-refractivity contribution in [3.63, 3.8) is 0 Å². The summed E-state index contributed by atoms with van der Waals surface area (Å²) in [6, 6.07) is 18.1. The van der Waals surface area contributed by atoms with E-state index in [2.05, 4.69) is 26.3 Å². The summed E-state index contributed by atoms with van der Waals surface area (Å²) in [6.07, 6.45) is 0. The molecule has 0 aliphatic heterocycles. The summed E-state index contributed by atoms with van der Waals surface area (Å²) < 4.78 is 3.96. The second-order valence-electron chi connectivity index (χ2n) is 4.46. The third kappa shape index (κ3) is 1.36. The van der Waals surface area contributed by atoms with Gasteiger partial charge in [-0.1, -0.05) is 30.3 Å². The Balaban J connectivity index is 2.20. The lowest BCUT2D eigenvalue weighted by atomic mass is 10.3. The molecule has 4 aromatic rings. The minimum atomic E-state index is 0.519. The molecule has 0 aliphatic rings. The quantitative estimate of drug-likeness (QED) is 0.429. The lowest BCUT2D eigenvalue weighted by Crippen LogP contribution is -2.09. The first kappa shape index (κ1) is 11.0. The number of anilines is 1. The number of fused-ring (bicyclic) bond motifs is 3. The van der Waals surface area contributed by atoms with Crippen LogP contribution in [-0.2, 0) is 0 Å². The van der Waals surface area contributed by atoms with Gasteiger partial charge in [0.1, 0.15) is 0 Å². The minimum Gasteiger partial charge on any atom is -0.292 e. The Morgan fingerprint density at radius 2 is 1.55 bits per heavy atom. The first-order chi connectivity index (χ1) is 9.90. The summed E-state index contributed by atoms with van der Waals surface area (Å²) in [5.41, 5.74) is 5.68. The third-order valence-electron chi connectivity index (χ3n) is 3.35. The van der Waals surface area contributed by atoms with Gasteiger partial charge in [-0.25, -0.2) is 10.2 Å². The SMILES string of the molecule is NNc1nnc2n(-c3ccccc3)c3ccccc3n12. The molecule has 20 heavy (non-hydrogen) atoms. The molecule has 0 aliphatic carbocycles. The molecule has 0 saturated heterocycles. The lowest BCUT2D eigenvalue weighted by molar-refractivity contribution is 1.05. The summed E-state index contributed by atoms with van der Waals surface area (Å²) in [5, 5.41) is 8.30. The van der Waals surface area contributed by atoms with Crippen LogP contribution in [0.2, 0.25) is 0 Å². The van der Waals surface area contributed by atoms with Crippen molar-refractivity contribution in [2.75, 3.05) is 5.43 Å². The highest BCUT2D eigenvalue weighted by molar-refractivity contribution is 5.84. The van der Waals surface area contributed by atoms with Gasteiger partial charge in [-0.3, -0.25) is 9.99 Å². The zero-order chi connectivity index (χ0) is 13.5. The van der Waals surface area contributed by atoms with Gasteiger partial charge in [-0.15, -0.1) is 10.2 Å². The number of benzene rings is 2. The van der Waals surface area contributed by atoms with Crippen LogP contribution < -0.4 is 11.3 Å². The van der Waals surface area contributed by atoms with Crippen molar-refractivity contribution in [2.45, 2.75) is 0 Å². The van der Waals surface area contributed by atoms with E-state index in [0.29, 0.717) is 5.95 Å². The van der Waals surface area contributed by atoms with Crippen LogP contribution in [0.15, 0.2) is 54.6 Å². The summed E-state index contributed by atoms with van der Waals surface area (Å²) in [4.78, 5) is 0. The molecule has 0 atom stereocenters. The van der Waals surface area contributed by atoms with E-state index in [1.807, 2.05) is 52.9 Å². The fourth-order valence-corrected chi connectivity index (χ4v) is 2.52. The molecular formula is C14H12N6. The summed E-state index contributed by atoms with van der Waals surface area (Å²) in [7, 11) is 0. The van der Waals surface area contributed by atoms with E-state index in [4.69, 9.17) is 5.84 Å². The van der Waals surface area contributed by atoms with E-state index in [0.717, 1.165) is 22.5 Å². The van der Waals surface area contributed by atoms with Crippen LogP contribution in [0, 0.1) is 0 Å². The average Bonchev–Trinajstić information content (AvgIpc) is 3.05. The van der Waals surface area contributed by atoms with E-state index in [1.54, 1.807) is 0 Å². The molecule has 0 amide bonds. The number of imidazole rings is 1. The number of aromatic nitrogens is 4. The number of rotatable bonds is 2. The van der Waals surface area contributed by atoms with Gasteiger partial charge in [0.15, 0.2) is 0 Å². The molecule has 6 nitrogen and oxygen atoms in total. The van der Waals surface area contributed by atoms with Crippen molar-refractivity contribution in [1.29, 1.82) is 0 Å². The van der Waals surface area contributed by atoms with Crippen LogP contribution in [-0.4, -0.2) is 19.2 Å². The lowest BCUT2D eigenvalue weighted by Gasteiger charge is -2.03. The smallest absolute Gasteiger partial charge is 0.245 e. The molecule has 2 aromatic heterocycles. The number of nitrogens with two attached hydrogens (primary N) is 1. The minimum absolute atomic E-state index is 0.519. The molecule has 0 fully saturated rings. The molecule has 2 aromatic carbocycles. The molecule has 0 bridgehead atoms. The van der Waals surface area contributed by atoms with Crippen molar-refractivity contribution < 1.29 is 0 Å². The van der Waals surface area contributed by atoms with Crippen LogP contribution in [0.3, 0.4) is 0 Å². The third-order valence-corrected chi connectivity index (χ3v) is 3.35. The van der Waals surface area contributed by atoms with Crippen LogP contribution >= 0.6 is 0 Å². The Labute approximate surface area is 114 Å². The van der Waals surface area contributed by atoms with Crippen molar-refractivity contribution in [1.82, 2.24) is 19.2 Å². The van der Waals surface area contributed by atoms with Gasteiger partial charge in [0.05, 0.1) is 11.0 Å². The van der Waals surface area contributed by atoms with Crippen LogP contribution in [0.5, 0.6) is 0 Å². The molecule has 2 heterocycles. The van der Waals surface area contributed by atoms with Crippen LogP contribution in [0.25, 0.3) is 22.5 Å². The molecule has 0 saturated carbocycles. The highest BCUT2D eigenvalue weighted by Crippen LogP contribution is 2.26. The van der Waals surface area contributed by atoms with Gasteiger partial charge in [-0.05, 0) is 24.3 Å². The van der Waals surface area contributed by atoms with Gasteiger partial charge in [0.2, 0.25) is 11.7 Å². The fraction of sp³-hybridized carbons (Fsp3) is 0. The first-order valence-electron chi connectivity index (χ1n) is 6.27. The molecule has 3 N–H and O–H groups in total. The van der Waals surface area contributed by atoms with E-state index < -0.39 is 0 Å². The van der Waals surface area contributed by atoms with Gasteiger partial charge < -0.3 is 0 Å². The van der Waals surface area contributed by atoms with E-state index in [-0.39, 0.29) is 0 Å². The summed E-state index contributed by atoms with van der Waals surface area (Å²) in [5.74, 6) is 6.76. The molecule has 98 valence electrons. The van der Waals surface area contributed by atoms with Gasteiger partial charge in [-0.2, -0.15) is 0 Å². The zero-order valence-corrected chi connectivity index (χ0v) is 10.6. The number of hydrazine groups is 1. The van der Waals surface area contributed by atoms with Crippen molar-refractivity contribution in [2.24, 2.45) is 5.84 Å². The standard InChI is InChI=1S/C14H12N6/c15-16-13-17-18-14-19(10-6-2-1-3-7-10)11-8-4-5-9-12(11)20(13)14/h1-9H,15H2,(H,16,17). The Hall–Kier alpha value is -2.86. The largest absolute Gasteiger partial charge is 0.292 e. The van der Waals surface area contributed by atoms with Crippen molar-refractivity contribution in [3.8, 4) is 5.69 Å². The number of hydrogen-bond donors (Lipinski definition) is 2. The normalized spacial score (nSPS) is 11.2. The zero-order valence-electron chi connectivity index (χ0n) is 10.6. The van der Waals surface area contributed by atoms with Crippen LogP contribution in [0.1, 0.15) is 0 Å². The molecule has 0 radical (unpaired) electrons. The average molecular weight is 264 g/mol. The predicted molar refractivity (Wildman–Crippen MR) is 77.6 cm³/mol. The number of nitrogens with one attached hydrogen (secondary N) is 1. The van der Waals surface area contributed by atoms with Gasteiger partial charge in [0.25, 0.3) is 0 Å². The number of hydrogen-bond acceptors (Lipinski definition) is 4. The maximum absolute atomic E-state index is 5.52. The number of nitrogen functional groups attached to an aromatic ring is 1. The fourth-order valence-electron chi connectivity index (χ4n) is 2.52. The molecular weight excluding hydrogens is 252 g/mol. The Morgan fingerprint density at radius 1 is 0.850 bits per heavy atom. The maximum atomic E-state index is 5.52. The van der Waals surface area contributed by atoms with Gasteiger partial charge in [0, 0.05) is 5.69 Å². The van der Waals surface area contributed by atoms with Gasteiger partial charge >= 0.3 is 0 Å². The Kier molecular flexibility index (Phi) is 2.24. The van der Waals surface area contributed by atoms with E-state index >= 15 is 0 Å². The molecule has 0 spiro atoms. The Bertz CT molecular complexity index is 890. The second-order valence-corrected chi connectivity index (χ2v) is 4.46. The van der Waals surface area contributed by atoms with Crippen molar-refractivity contribution in [3.05, 3.63) is 54.6 Å². The first-order valence-corrected chi connectivity index (χ1v) is 6.27. The number of para-hydroxylation sites is 3. The molecule has 0 unspecified atom stereocenters. The van der Waals surface area contributed by atoms with Crippen LogP contribution in [0.4, 0.5) is 5.95 Å². The molecule has 6 heteroatoms. The molecule has 4 rings (SSSR count). The monoisotopic (exact) mass is 264 g/mol. The topological polar surface area (TPSA) is 73.2 Å². The van der Waals surface area contributed by atoms with E-state index in [9.17, 15) is 0 Å². The highest BCUT2D eigenvalue weighted by atomic mass is 15.4. The predicted octanol–water partition coefficient (Wildman–Crippen LogP) is 1.96. The number of nitrogens with zero attached hydrogens (tertiary/aromatic N) is 4. The maximum Gasteiger partial charge on any atom is 0.245 e. The van der Waals surface area contributed by atoms with E-state index in [1.165, 1.54) is 0 Å². The second kappa shape index (κ2) is 4.07. The van der Waals surface area contributed by atoms with Crippen molar-refractivity contribution >= 4 is 22.8 Å². The summed E-state index contributed by atoms with van der Waals surface area (Å²) >= 11 is 0. The highest BCUT2D eigenvalue weighted by Gasteiger charge is 2.16.